The zero-order valence-electron chi connectivity index (χ0n) is 35.4. The molecule has 2 heteroatoms. The van der Waals surface area contributed by atoms with E-state index in [1.807, 2.05) is 0 Å². The fourth-order valence-corrected chi connectivity index (χ4v) is 8.66. The van der Waals surface area contributed by atoms with E-state index in [1.165, 1.54) is 238 Å². The van der Waals surface area contributed by atoms with Crippen LogP contribution < -0.4 is 0 Å². The van der Waals surface area contributed by atoms with E-state index in [4.69, 9.17) is 0 Å². The van der Waals surface area contributed by atoms with Gasteiger partial charge in [0.1, 0.15) is 0 Å². The van der Waals surface area contributed by atoms with Crippen molar-refractivity contribution in [1.82, 2.24) is 0 Å². The third-order valence-electron chi connectivity index (χ3n) is 12.1. The normalized spacial score (nSPS) is 13.5. The molecule has 0 rings (SSSR count). The summed E-state index contributed by atoms with van der Waals surface area (Å²) in [6.45, 7) is 9.20. The molecule has 0 aliphatic rings. The molecule has 3 unspecified atom stereocenters. The van der Waals surface area contributed by atoms with Crippen molar-refractivity contribution in [3.63, 3.8) is 0 Å². The van der Waals surface area contributed by atoms with E-state index < -0.39 is 5.97 Å². The van der Waals surface area contributed by atoms with E-state index in [0.717, 1.165) is 19.3 Å². The van der Waals surface area contributed by atoms with Crippen LogP contribution in [0.2, 0.25) is 0 Å². The number of rotatable bonds is 43. The van der Waals surface area contributed by atoms with Gasteiger partial charge in [0, 0.05) is 0 Å². The molecule has 0 aromatic rings. The topological polar surface area (TPSA) is 37.3 Å². The van der Waals surface area contributed by atoms with Gasteiger partial charge in [-0.3, -0.25) is 4.79 Å². The second-order valence-electron chi connectivity index (χ2n) is 16.8. The molecule has 0 amide bonds. The van der Waals surface area contributed by atoms with Crippen LogP contribution in [0.1, 0.15) is 285 Å². The van der Waals surface area contributed by atoms with Crippen LogP contribution in [0.4, 0.5) is 0 Å². The first-order valence-corrected chi connectivity index (χ1v) is 23.8. The predicted octanol–water partition coefficient (Wildman–Crippen LogP) is 17.6. The summed E-state index contributed by atoms with van der Waals surface area (Å²) < 4.78 is 0. The van der Waals surface area contributed by atoms with Crippen molar-refractivity contribution >= 4 is 5.97 Å². The monoisotopic (exact) mass is 705 g/mol. The van der Waals surface area contributed by atoms with Crippen molar-refractivity contribution in [2.75, 3.05) is 0 Å². The highest BCUT2D eigenvalue weighted by Crippen LogP contribution is 2.37. The van der Waals surface area contributed by atoms with Gasteiger partial charge in [0.25, 0.3) is 0 Å². The van der Waals surface area contributed by atoms with Crippen LogP contribution >= 0.6 is 0 Å². The Morgan fingerprint density at radius 1 is 0.320 bits per heavy atom. The Bertz CT molecular complexity index is 644. The highest BCUT2D eigenvalue weighted by molar-refractivity contribution is 5.70. The molecule has 3 atom stereocenters. The molecule has 0 spiro atoms. The minimum Gasteiger partial charge on any atom is -0.481 e. The van der Waals surface area contributed by atoms with E-state index in [1.54, 1.807) is 0 Å². The summed E-state index contributed by atoms with van der Waals surface area (Å²) in [5, 5.41) is 10.7. The molecule has 0 saturated carbocycles. The van der Waals surface area contributed by atoms with Crippen molar-refractivity contribution in [3.8, 4) is 0 Å². The van der Waals surface area contributed by atoms with Gasteiger partial charge in [0.2, 0.25) is 0 Å². The average molecular weight is 705 g/mol. The maximum atomic E-state index is 13.0. The molecule has 1 N–H and O–H groups in total. The number of unbranched alkanes of at least 4 members (excludes halogenated alkanes) is 32. The van der Waals surface area contributed by atoms with Gasteiger partial charge >= 0.3 is 5.97 Å². The van der Waals surface area contributed by atoms with Gasteiger partial charge in [-0.1, -0.05) is 272 Å². The molecule has 0 radical (unpaired) electrons. The van der Waals surface area contributed by atoms with Crippen LogP contribution in [0.25, 0.3) is 0 Å². The lowest BCUT2D eigenvalue weighted by atomic mass is 9.72. The highest BCUT2D eigenvalue weighted by Gasteiger charge is 2.33. The third-order valence-corrected chi connectivity index (χ3v) is 12.1. The lowest BCUT2D eigenvalue weighted by molar-refractivity contribution is -0.145. The lowest BCUT2D eigenvalue weighted by Crippen LogP contribution is -2.30. The number of carboxylic acids is 1. The first-order chi connectivity index (χ1) is 24.6. The van der Waals surface area contributed by atoms with Crippen LogP contribution in [0.5, 0.6) is 0 Å². The highest BCUT2D eigenvalue weighted by atomic mass is 16.4. The van der Waals surface area contributed by atoms with Gasteiger partial charge in [0.05, 0.1) is 5.92 Å². The smallest absolute Gasteiger partial charge is 0.306 e. The van der Waals surface area contributed by atoms with Gasteiger partial charge < -0.3 is 5.11 Å². The van der Waals surface area contributed by atoms with Crippen molar-refractivity contribution in [2.45, 2.75) is 285 Å². The maximum absolute atomic E-state index is 13.0. The third kappa shape index (κ3) is 33.3. The Labute approximate surface area is 317 Å². The number of hydrogen-bond acceptors (Lipinski definition) is 1. The fourth-order valence-electron chi connectivity index (χ4n) is 8.66. The first-order valence-electron chi connectivity index (χ1n) is 23.8. The average Bonchev–Trinajstić information content (AvgIpc) is 3.11. The van der Waals surface area contributed by atoms with Gasteiger partial charge in [0.15, 0.2) is 0 Å². The van der Waals surface area contributed by atoms with E-state index in [2.05, 4.69) is 27.7 Å². The summed E-state index contributed by atoms with van der Waals surface area (Å²) in [7, 11) is 0. The zero-order chi connectivity index (χ0) is 36.6. The van der Waals surface area contributed by atoms with Gasteiger partial charge in [-0.15, -0.1) is 0 Å². The molecule has 0 saturated heterocycles. The Balaban J connectivity index is 5.15. The molecule has 0 aliphatic heterocycles. The summed E-state index contributed by atoms with van der Waals surface area (Å²) in [6.07, 6.45) is 53.4. The Morgan fingerprint density at radius 2 is 0.540 bits per heavy atom. The van der Waals surface area contributed by atoms with Crippen molar-refractivity contribution in [2.24, 2.45) is 17.8 Å². The van der Waals surface area contributed by atoms with Crippen LogP contribution in [-0.4, -0.2) is 11.1 Å². The Morgan fingerprint density at radius 3 is 0.800 bits per heavy atom. The Kier molecular flexibility index (Phi) is 40.8. The molecule has 300 valence electrons. The number of carbonyl (C=O) groups is 1. The largest absolute Gasteiger partial charge is 0.481 e. The van der Waals surface area contributed by atoms with Crippen molar-refractivity contribution < 1.29 is 9.90 Å². The lowest BCUT2D eigenvalue weighted by Gasteiger charge is -2.33. The number of hydrogen-bond donors (Lipinski definition) is 1. The van der Waals surface area contributed by atoms with Gasteiger partial charge in [-0.2, -0.15) is 0 Å². The quantitative estimate of drug-likeness (QED) is 0.0642. The molecule has 0 bridgehead atoms. The van der Waals surface area contributed by atoms with Gasteiger partial charge in [-0.25, -0.2) is 0 Å². The summed E-state index contributed by atoms with van der Waals surface area (Å²) >= 11 is 0. The number of carboxylic acid groups (broad SMARTS) is 1. The standard InChI is InChI=1S/C48H96O2/c1-5-9-13-17-21-24-26-27-29-31-35-39-43-46(47(48(49)50)44-40-36-32-28-25-22-18-14-10-6-2)45(41-37-33-20-16-12-8-4)42-38-34-30-23-19-15-11-7-3/h45-47H,5-44H2,1-4H3,(H,49,50). The maximum Gasteiger partial charge on any atom is 0.306 e. The van der Waals surface area contributed by atoms with E-state index in [0.29, 0.717) is 11.8 Å². The number of aliphatic carboxylic acids is 1. The zero-order valence-corrected chi connectivity index (χ0v) is 35.4. The summed E-state index contributed by atoms with van der Waals surface area (Å²) in [5.41, 5.74) is 0. The Hall–Kier alpha value is -0.530. The molecular weight excluding hydrogens is 609 g/mol. The van der Waals surface area contributed by atoms with E-state index in [-0.39, 0.29) is 5.92 Å². The minimum absolute atomic E-state index is 0.129. The van der Waals surface area contributed by atoms with Crippen LogP contribution in [0.3, 0.4) is 0 Å². The SMILES string of the molecule is CCCCCCCCCCCCCCC(C(CCCCCCCC)CCCCCCCCCC)C(CCCCCCCCCCCC)C(=O)O. The molecular formula is C48H96O2. The predicted molar refractivity (Wildman–Crippen MR) is 225 cm³/mol. The summed E-state index contributed by atoms with van der Waals surface area (Å²) in [5.74, 6) is 0.386. The molecule has 0 heterocycles. The fraction of sp³-hybridized carbons (Fsp3) is 0.979. The minimum atomic E-state index is -0.478. The second-order valence-corrected chi connectivity index (χ2v) is 16.8. The van der Waals surface area contributed by atoms with Crippen LogP contribution in [0, 0.1) is 17.8 Å². The molecule has 0 aromatic carbocycles. The molecule has 50 heavy (non-hydrogen) atoms. The van der Waals surface area contributed by atoms with E-state index in [9.17, 15) is 9.90 Å². The molecule has 0 aromatic heterocycles. The molecule has 2 nitrogen and oxygen atoms in total. The summed E-state index contributed by atoms with van der Waals surface area (Å²) in [4.78, 5) is 13.0. The summed E-state index contributed by atoms with van der Waals surface area (Å²) in [6, 6.07) is 0. The first kappa shape index (κ1) is 49.5. The second kappa shape index (κ2) is 41.2. The molecule has 0 fully saturated rings. The van der Waals surface area contributed by atoms with Crippen LogP contribution in [0.15, 0.2) is 0 Å². The van der Waals surface area contributed by atoms with E-state index >= 15 is 0 Å². The van der Waals surface area contributed by atoms with Crippen molar-refractivity contribution in [3.05, 3.63) is 0 Å². The van der Waals surface area contributed by atoms with Gasteiger partial charge in [-0.05, 0) is 24.7 Å². The van der Waals surface area contributed by atoms with Crippen molar-refractivity contribution in [1.29, 1.82) is 0 Å². The molecule has 0 aliphatic carbocycles. The van der Waals surface area contributed by atoms with Crippen LogP contribution in [-0.2, 0) is 4.79 Å².